The van der Waals surface area contributed by atoms with Crippen molar-refractivity contribution >= 4 is 5.91 Å². The van der Waals surface area contributed by atoms with E-state index < -0.39 is 23.6 Å². The first-order valence-electron chi connectivity index (χ1n) is 12.8. The second kappa shape index (κ2) is 10.7. The number of likely N-dealkylation sites (N-methyl/N-ethyl adjacent to an activating group) is 1. The molecule has 7 nitrogen and oxygen atoms in total. The number of nitriles is 1. The molecule has 1 unspecified atom stereocenters. The number of aryl methyl sites for hydroxylation is 1. The van der Waals surface area contributed by atoms with Gasteiger partial charge in [0.2, 0.25) is 5.91 Å². The highest BCUT2D eigenvalue weighted by molar-refractivity contribution is 5.88. The van der Waals surface area contributed by atoms with Crippen LogP contribution in [0.1, 0.15) is 61.4 Å². The third-order valence-corrected chi connectivity index (χ3v) is 7.60. The number of hydrogen-bond donors (Lipinski definition) is 1. The molecule has 206 valence electrons. The number of rotatable bonds is 7. The zero-order chi connectivity index (χ0) is 28.4. The molecular weight excluding hydrogens is 507 g/mol. The van der Waals surface area contributed by atoms with E-state index >= 15 is 0 Å². The van der Waals surface area contributed by atoms with Gasteiger partial charge in [-0.05, 0) is 61.6 Å². The molecule has 2 aromatic carbocycles. The van der Waals surface area contributed by atoms with Crippen LogP contribution in [0.2, 0.25) is 0 Å². The van der Waals surface area contributed by atoms with Gasteiger partial charge in [0.05, 0.1) is 34.7 Å². The summed E-state index contributed by atoms with van der Waals surface area (Å²) in [5.74, 6) is 0.238. The van der Waals surface area contributed by atoms with Gasteiger partial charge in [0, 0.05) is 27.1 Å². The largest absolute Gasteiger partial charge is 0.456 e. The fraction of sp³-hybridized carbons (Fsp3) is 0.414. The molecule has 2 atom stereocenters. The van der Waals surface area contributed by atoms with Crippen molar-refractivity contribution in [2.24, 2.45) is 12.8 Å². The van der Waals surface area contributed by atoms with E-state index in [1.807, 2.05) is 18.5 Å². The number of carbonyl (C=O) groups excluding carboxylic acids is 1. The molecule has 1 aliphatic rings. The summed E-state index contributed by atoms with van der Waals surface area (Å²) >= 11 is 0. The SMILES string of the molecule is CN1CCCCC(CCC(F)(F)F)(c2cccc(Oc3cc([C@](C)(N)c4cncn4C)ccc3C#N)c2)C1=O. The Kier molecular flexibility index (Phi) is 7.75. The highest BCUT2D eigenvalue weighted by atomic mass is 19.4. The van der Waals surface area contributed by atoms with E-state index in [-0.39, 0.29) is 23.6 Å². The maximum Gasteiger partial charge on any atom is 0.389 e. The molecule has 39 heavy (non-hydrogen) atoms. The molecule has 3 aromatic rings. The average molecular weight is 540 g/mol. The predicted molar refractivity (Wildman–Crippen MR) is 140 cm³/mol. The average Bonchev–Trinajstić information content (AvgIpc) is 3.28. The summed E-state index contributed by atoms with van der Waals surface area (Å²) in [7, 11) is 3.47. The Morgan fingerprint density at radius 1 is 1.18 bits per heavy atom. The zero-order valence-corrected chi connectivity index (χ0v) is 22.3. The molecule has 1 fully saturated rings. The zero-order valence-electron chi connectivity index (χ0n) is 22.3. The topological polar surface area (TPSA) is 97.2 Å². The normalized spacial score (nSPS) is 19.7. The van der Waals surface area contributed by atoms with Crippen LogP contribution in [-0.2, 0) is 22.8 Å². The first-order chi connectivity index (χ1) is 18.4. The van der Waals surface area contributed by atoms with Crippen LogP contribution < -0.4 is 10.5 Å². The van der Waals surface area contributed by atoms with Crippen molar-refractivity contribution < 1.29 is 22.7 Å². The fourth-order valence-corrected chi connectivity index (χ4v) is 5.36. The van der Waals surface area contributed by atoms with E-state index in [0.717, 1.165) is 12.1 Å². The number of nitrogens with zero attached hydrogens (tertiary/aromatic N) is 4. The van der Waals surface area contributed by atoms with E-state index in [9.17, 15) is 23.2 Å². The number of hydrogen-bond acceptors (Lipinski definition) is 5. The molecule has 1 amide bonds. The molecule has 2 heterocycles. The standard InChI is InChI=1S/C29H32F3N5O2/c1-27(34,25-18-35-19-37(25)3)21-10-9-20(17-33)24(16-21)39-23-8-6-7-22(15-23)28(12-13-29(30,31)32)11-4-5-14-36(2)26(28)38/h6-10,15-16,18-19H,4-5,11-14,34H2,1-3H3/t27-,28?/m0/s1. The second-order valence-electron chi connectivity index (χ2n) is 10.4. The molecule has 0 spiro atoms. The van der Waals surface area contributed by atoms with Crippen LogP contribution in [0.3, 0.4) is 0 Å². The van der Waals surface area contributed by atoms with Gasteiger partial charge in [-0.25, -0.2) is 4.98 Å². The summed E-state index contributed by atoms with van der Waals surface area (Å²) in [6, 6.07) is 13.8. The van der Waals surface area contributed by atoms with Gasteiger partial charge >= 0.3 is 6.18 Å². The van der Waals surface area contributed by atoms with E-state index in [0.29, 0.717) is 36.3 Å². The smallest absolute Gasteiger partial charge is 0.389 e. The first kappa shape index (κ1) is 28.2. The van der Waals surface area contributed by atoms with E-state index in [1.54, 1.807) is 62.0 Å². The van der Waals surface area contributed by atoms with Gasteiger partial charge in [-0.15, -0.1) is 0 Å². The highest BCUT2D eigenvalue weighted by Gasteiger charge is 2.45. The van der Waals surface area contributed by atoms with Crippen molar-refractivity contribution in [1.29, 1.82) is 5.26 Å². The Morgan fingerprint density at radius 3 is 2.62 bits per heavy atom. The Bertz CT molecular complexity index is 1390. The fourth-order valence-electron chi connectivity index (χ4n) is 5.36. The minimum absolute atomic E-state index is 0.250. The number of ether oxygens (including phenoxy) is 1. The van der Waals surface area contributed by atoms with Crippen LogP contribution in [0, 0.1) is 11.3 Å². The van der Waals surface area contributed by atoms with Crippen molar-refractivity contribution in [2.45, 2.75) is 56.2 Å². The summed E-state index contributed by atoms with van der Waals surface area (Å²) in [5, 5.41) is 9.73. The molecule has 0 bridgehead atoms. The summed E-state index contributed by atoms with van der Waals surface area (Å²) in [5.41, 5.74) is 6.57. The number of benzene rings is 2. The Balaban J connectivity index is 1.73. The predicted octanol–water partition coefficient (Wildman–Crippen LogP) is 5.53. The van der Waals surface area contributed by atoms with Crippen molar-refractivity contribution in [2.75, 3.05) is 13.6 Å². The number of imidazole rings is 1. The third-order valence-electron chi connectivity index (χ3n) is 7.60. The molecule has 0 aliphatic carbocycles. The van der Waals surface area contributed by atoms with Crippen LogP contribution in [0.4, 0.5) is 13.2 Å². The molecule has 0 radical (unpaired) electrons. The molecule has 10 heteroatoms. The molecular formula is C29H32F3N5O2. The lowest BCUT2D eigenvalue weighted by molar-refractivity contribution is -0.146. The molecule has 1 saturated heterocycles. The maximum absolute atomic E-state index is 13.5. The lowest BCUT2D eigenvalue weighted by Gasteiger charge is -2.35. The van der Waals surface area contributed by atoms with Crippen LogP contribution in [0.5, 0.6) is 11.5 Å². The number of alkyl halides is 3. The number of amides is 1. The number of aromatic nitrogens is 2. The summed E-state index contributed by atoms with van der Waals surface area (Å²) < 4.78 is 48.0. The van der Waals surface area contributed by atoms with Crippen molar-refractivity contribution in [3.05, 3.63) is 77.4 Å². The molecule has 4 rings (SSSR count). The van der Waals surface area contributed by atoms with Crippen LogP contribution in [0.25, 0.3) is 0 Å². The second-order valence-corrected chi connectivity index (χ2v) is 10.4. The first-order valence-corrected chi connectivity index (χ1v) is 12.8. The Labute approximate surface area is 226 Å². The summed E-state index contributed by atoms with van der Waals surface area (Å²) in [6.45, 7) is 2.32. The summed E-state index contributed by atoms with van der Waals surface area (Å²) in [4.78, 5) is 19.2. The van der Waals surface area contributed by atoms with Crippen LogP contribution in [-0.4, -0.2) is 40.1 Å². The van der Waals surface area contributed by atoms with Gasteiger partial charge in [-0.2, -0.15) is 18.4 Å². The van der Waals surface area contributed by atoms with Gasteiger partial charge < -0.3 is 19.9 Å². The minimum Gasteiger partial charge on any atom is -0.456 e. The quantitative estimate of drug-likeness (QED) is 0.426. The van der Waals surface area contributed by atoms with Crippen LogP contribution >= 0.6 is 0 Å². The summed E-state index contributed by atoms with van der Waals surface area (Å²) in [6.07, 6.45) is -0.833. The van der Waals surface area contributed by atoms with Gasteiger partial charge in [-0.1, -0.05) is 24.6 Å². The van der Waals surface area contributed by atoms with Crippen molar-refractivity contribution in [3.8, 4) is 17.6 Å². The lowest BCUT2D eigenvalue weighted by Crippen LogP contribution is -2.44. The van der Waals surface area contributed by atoms with E-state index in [4.69, 9.17) is 10.5 Å². The Hall–Kier alpha value is -3.84. The molecule has 2 N–H and O–H groups in total. The number of likely N-dealkylation sites (tertiary alicyclic amines) is 1. The lowest BCUT2D eigenvalue weighted by atomic mass is 9.72. The van der Waals surface area contributed by atoms with Crippen LogP contribution in [0.15, 0.2) is 55.0 Å². The number of carbonyl (C=O) groups is 1. The Morgan fingerprint density at radius 2 is 1.95 bits per heavy atom. The van der Waals surface area contributed by atoms with E-state index in [1.165, 1.54) is 4.90 Å². The molecule has 1 aliphatic heterocycles. The van der Waals surface area contributed by atoms with Crippen molar-refractivity contribution in [3.63, 3.8) is 0 Å². The van der Waals surface area contributed by atoms with Gasteiger partial charge in [0.1, 0.15) is 17.6 Å². The molecule has 0 saturated carbocycles. The third kappa shape index (κ3) is 5.78. The maximum atomic E-state index is 13.5. The highest BCUT2D eigenvalue weighted by Crippen LogP contribution is 2.43. The minimum atomic E-state index is -4.39. The van der Waals surface area contributed by atoms with Gasteiger partial charge in [-0.3, -0.25) is 4.79 Å². The number of nitrogens with two attached hydrogens (primary N) is 1. The van der Waals surface area contributed by atoms with Crippen molar-refractivity contribution in [1.82, 2.24) is 14.5 Å². The van der Waals surface area contributed by atoms with Gasteiger partial charge in [0.25, 0.3) is 0 Å². The molecule has 1 aromatic heterocycles. The number of halogens is 3. The monoisotopic (exact) mass is 539 g/mol. The van der Waals surface area contributed by atoms with E-state index in [2.05, 4.69) is 11.1 Å². The van der Waals surface area contributed by atoms with Gasteiger partial charge in [0.15, 0.2) is 0 Å².